The first-order valence-electron chi connectivity index (χ1n) is 11.9. The predicted molar refractivity (Wildman–Crippen MR) is 130 cm³/mol. The van der Waals surface area contributed by atoms with Crippen molar-refractivity contribution in [3.63, 3.8) is 0 Å². The fourth-order valence-electron chi connectivity index (χ4n) is 4.60. The molecule has 0 bridgehead atoms. The fourth-order valence-corrected chi connectivity index (χ4v) is 4.60. The molecule has 0 radical (unpaired) electrons. The van der Waals surface area contributed by atoms with E-state index < -0.39 is 22.8 Å². The Hall–Kier alpha value is -3.40. The number of fused-ring (bicyclic) bond motifs is 1. The average molecular weight is 500 g/mol. The molecule has 10 heteroatoms. The number of aliphatic hydroxyl groups is 1. The highest BCUT2D eigenvalue weighted by Crippen LogP contribution is 2.29. The molecule has 1 aliphatic rings. The van der Waals surface area contributed by atoms with E-state index in [9.17, 15) is 23.5 Å². The van der Waals surface area contributed by atoms with Crippen LogP contribution in [0.15, 0.2) is 30.5 Å². The number of nitrogens with zero attached hydrogens (tertiary/aromatic N) is 5. The summed E-state index contributed by atoms with van der Waals surface area (Å²) in [4.78, 5) is 33.9. The zero-order valence-electron chi connectivity index (χ0n) is 21.3. The molecular formula is C26H31F2N5O3. The minimum Gasteiger partial charge on any atom is -0.381 e. The highest BCUT2D eigenvalue weighted by atomic mass is 19.1. The van der Waals surface area contributed by atoms with Crippen LogP contribution < -0.4 is 0 Å². The van der Waals surface area contributed by atoms with Crippen molar-refractivity contribution in [2.75, 3.05) is 19.6 Å². The standard InChI is InChI=1S/C26H31F2N5O3/c1-15(2)19-12-20(16-9-17(27)11-18(28)10-16)30-33-13-21(29-22(19)33)23(34)32-8-7-31(14-25(32,3)4)24(35)26(5,6)36/h9-13,15,36H,7-8,14H2,1-6H3. The second-order valence-electron chi connectivity index (χ2n) is 10.7. The number of halogens is 2. The Morgan fingerprint density at radius 1 is 1.08 bits per heavy atom. The van der Waals surface area contributed by atoms with E-state index >= 15 is 0 Å². The lowest BCUT2D eigenvalue weighted by Gasteiger charge is -2.47. The van der Waals surface area contributed by atoms with Crippen molar-refractivity contribution >= 4 is 17.5 Å². The Morgan fingerprint density at radius 3 is 2.28 bits per heavy atom. The fraction of sp³-hybridized carbons (Fsp3) is 0.462. The molecule has 0 atom stereocenters. The molecule has 0 saturated carbocycles. The van der Waals surface area contributed by atoms with E-state index in [2.05, 4.69) is 10.1 Å². The summed E-state index contributed by atoms with van der Waals surface area (Å²) < 4.78 is 29.2. The van der Waals surface area contributed by atoms with Crippen molar-refractivity contribution in [1.29, 1.82) is 0 Å². The highest BCUT2D eigenvalue weighted by Gasteiger charge is 2.42. The maximum absolute atomic E-state index is 13.8. The van der Waals surface area contributed by atoms with Gasteiger partial charge in [0, 0.05) is 36.8 Å². The molecule has 0 aliphatic carbocycles. The van der Waals surface area contributed by atoms with E-state index in [1.807, 2.05) is 27.7 Å². The van der Waals surface area contributed by atoms with E-state index in [4.69, 9.17) is 0 Å². The molecule has 2 aromatic heterocycles. The Kier molecular flexibility index (Phi) is 6.36. The zero-order valence-corrected chi connectivity index (χ0v) is 21.3. The third-order valence-corrected chi connectivity index (χ3v) is 6.41. The number of hydrogen-bond donors (Lipinski definition) is 1. The van der Waals surface area contributed by atoms with Crippen molar-refractivity contribution in [2.45, 2.75) is 58.6 Å². The number of rotatable bonds is 4. The molecule has 36 heavy (non-hydrogen) atoms. The molecule has 4 rings (SSSR count). The second-order valence-corrected chi connectivity index (χ2v) is 10.7. The lowest BCUT2D eigenvalue weighted by atomic mass is 9.96. The monoisotopic (exact) mass is 499 g/mol. The van der Waals surface area contributed by atoms with Crippen LogP contribution in [0.4, 0.5) is 8.78 Å². The number of imidazole rings is 1. The summed E-state index contributed by atoms with van der Waals surface area (Å²) >= 11 is 0. The maximum Gasteiger partial charge on any atom is 0.274 e. The molecular weight excluding hydrogens is 468 g/mol. The van der Waals surface area contributed by atoms with Crippen LogP contribution in [0, 0.1) is 11.6 Å². The van der Waals surface area contributed by atoms with Gasteiger partial charge in [0.1, 0.15) is 22.9 Å². The molecule has 2 amide bonds. The zero-order chi connectivity index (χ0) is 26.6. The van der Waals surface area contributed by atoms with E-state index in [0.717, 1.165) is 11.6 Å². The van der Waals surface area contributed by atoms with Crippen molar-refractivity contribution in [2.24, 2.45) is 0 Å². The van der Waals surface area contributed by atoms with Gasteiger partial charge in [0.05, 0.1) is 17.4 Å². The van der Waals surface area contributed by atoms with Crippen molar-refractivity contribution in [1.82, 2.24) is 24.4 Å². The quantitative estimate of drug-likeness (QED) is 0.592. The van der Waals surface area contributed by atoms with Crippen molar-refractivity contribution in [3.05, 3.63) is 53.4 Å². The summed E-state index contributed by atoms with van der Waals surface area (Å²) in [6.45, 7) is 11.4. The first-order valence-corrected chi connectivity index (χ1v) is 11.9. The van der Waals surface area contributed by atoms with Crippen LogP contribution in [0.3, 0.4) is 0 Å². The summed E-state index contributed by atoms with van der Waals surface area (Å²) in [7, 11) is 0. The lowest BCUT2D eigenvalue weighted by molar-refractivity contribution is -0.152. The summed E-state index contributed by atoms with van der Waals surface area (Å²) in [6.07, 6.45) is 1.52. The molecule has 8 nitrogen and oxygen atoms in total. The third kappa shape index (κ3) is 4.82. The molecule has 1 N–H and O–H groups in total. The Morgan fingerprint density at radius 2 is 1.72 bits per heavy atom. The number of carbonyl (C=O) groups is 2. The van der Waals surface area contributed by atoms with Gasteiger partial charge >= 0.3 is 0 Å². The van der Waals surface area contributed by atoms with Crippen LogP contribution in [-0.2, 0) is 4.79 Å². The SMILES string of the molecule is CC(C)c1cc(-c2cc(F)cc(F)c2)nn2cc(C(=O)N3CCN(C(=O)C(C)(C)O)CC3(C)C)nc12. The number of hydrogen-bond acceptors (Lipinski definition) is 5. The van der Waals surface area contributed by atoms with E-state index in [1.54, 1.807) is 15.9 Å². The number of piperazine rings is 1. The second kappa shape index (κ2) is 8.92. The van der Waals surface area contributed by atoms with Crippen LogP contribution in [0.25, 0.3) is 16.9 Å². The summed E-state index contributed by atoms with van der Waals surface area (Å²) in [5.41, 5.74) is -0.101. The highest BCUT2D eigenvalue weighted by molar-refractivity contribution is 5.94. The molecule has 3 heterocycles. The van der Waals surface area contributed by atoms with Crippen molar-refractivity contribution in [3.8, 4) is 11.3 Å². The van der Waals surface area contributed by atoms with Crippen LogP contribution >= 0.6 is 0 Å². The van der Waals surface area contributed by atoms with Crippen LogP contribution in [0.5, 0.6) is 0 Å². The van der Waals surface area contributed by atoms with E-state index in [1.165, 1.54) is 36.7 Å². The summed E-state index contributed by atoms with van der Waals surface area (Å²) in [5.74, 6) is -2.10. The van der Waals surface area contributed by atoms with E-state index in [-0.39, 0.29) is 48.6 Å². The Balaban J connectivity index is 1.69. The normalized spacial score (nSPS) is 16.2. The smallest absolute Gasteiger partial charge is 0.274 e. The number of aromatic nitrogens is 3. The first-order chi connectivity index (χ1) is 16.7. The minimum absolute atomic E-state index is 0.00541. The molecule has 0 unspecified atom stereocenters. The number of carbonyl (C=O) groups excluding carboxylic acids is 2. The van der Waals surface area contributed by atoms with Crippen molar-refractivity contribution < 1.29 is 23.5 Å². The average Bonchev–Trinajstić information content (AvgIpc) is 3.19. The lowest BCUT2D eigenvalue weighted by Crippen LogP contribution is -2.64. The molecule has 3 aromatic rings. The Labute approximate surface area is 208 Å². The number of amides is 2. The van der Waals surface area contributed by atoms with E-state index in [0.29, 0.717) is 11.3 Å². The molecule has 1 aliphatic heterocycles. The molecule has 1 saturated heterocycles. The molecule has 1 fully saturated rings. The largest absolute Gasteiger partial charge is 0.381 e. The van der Waals surface area contributed by atoms with Crippen LogP contribution in [0.2, 0.25) is 0 Å². The van der Waals surface area contributed by atoms with Crippen LogP contribution in [0.1, 0.15) is 63.5 Å². The molecule has 0 spiro atoms. The Bertz CT molecular complexity index is 1320. The van der Waals surface area contributed by atoms with Gasteiger partial charge in [-0.05, 0) is 51.8 Å². The molecule has 192 valence electrons. The number of benzene rings is 1. The summed E-state index contributed by atoms with van der Waals surface area (Å²) in [6, 6.07) is 4.96. The maximum atomic E-state index is 13.8. The van der Waals surface area contributed by atoms with Gasteiger partial charge in [-0.15, -0.1) is 0 Å². The van der Waals surface area contributed by atoms with Gasteiger partial charge in [0.25, 0.3) is 11.8 Å². The van der Waals surface area contributed by atoms with Crippen LogP contribution in [-0.4, -0.2) is 72.1 Å². The third-order valence-electron chi connectivity index (χ3n) is 6.41. The van der Waals surface area contributed by atoms with Gasteiger partial charge in [0.15, 0.2) is 5.65 Å². The van der Waals surface area contributed by atoms with Gasteiger partial charge in [-0.3, -0.25) is 9.59 Å². The van der Waals surface area contributed by atoms with Gasteiger partial charge in [0.2, 0.25) is 0 Å². The van der Waals surface area contributed by atoms with Gasteiger partial charge in [-0.1, -0.05) is 13.8 Å². The van der Waals surface area contributed by atoms with Gasteiger partial charge in [-0.2, -0.15) is 5.10 Å². The molecule has 1 aromatic carbocycles. The topological polar surface area (TPSA) is 91.0 Å². The van der Waals surface area contributed by atoms with Gasteiger partial charge in [-0.25, -0.2) is 18.3 Å². The predicted octanol–water partition coefficient (Wildman–Crippen LogP) is 3.63. The first kappa shape index (κ1) is 25.7. The van der Waals surface area contributed by atoms with Gasteiger partial charge < -0.3 is 14.9 Å². The minimum atomic E-state index is -1.49. The summed E-state index contributed by atoms with van der Waals surface area (Å²) in [5, 5.41) is 14.6.